The molecule has 0 atom stereocenters. The van der Waals surface area contributed by atoms with Crippen molar-refractivity contribution in [3.8, 4) is 0 Å². The van der Waals surface area contributed by atoms with Crippen molar-refractivity contribution in [2.75, 3.05) is 0 Å². The van der Waals surface area contributed by atoms with Crippen molar-refractivity contribution >= 4 is 23.1 Å². The van der Waals surface area contributed by atoms with Crippen molar-refractivity contribution in [1.29, 1.82) is 0 Å². The molecule has 0 aliphatic carbocycles. The molecule has 0 heterocycles. The van der Waals surface area contributed by atoms with E-state index < -0.39 is 5.97 Å². The van der Waals surface area contributed by atoms with E-state index in [0.29, 0.717) is 6.42 Å². The first-order valence-electron chi connectivity index (χ1n) is 6.50. The summed E-state index contributed by atoms with van der Waals surface area (Å²) in [6.45, 7) is 0. The van der Waals surface area contributed by atoms with Crippen LogP contribution < -0.4 is 0 Å². The predicted octanol–water partition coefficient (Wildman–Crippen LogP) is 4.02. The molecule has 0 spiro atoms. The molecule has 2 nitrogen and oxygen atoms in total. The summed E-state index contributed by atoms with van der Waals surface area (Å²) in [4.78, 5) is 10.6. The van der Waals surface area contributed by atoms with Crippen molar-refractivity contribution in [2.24, 2.45) is 0 Å². The molecule has 18 heavy (non-hydrogen) atoms. The SMILES string of the molecule is O=C(O)C(=S)CCCCCCCc1ccccc1. The number of aryl methyl sites for hydroxylation is 1. The zero-order valence-electron chi connectivity index (χ0n) is 10.6. The Morgan fingerprint density at radius 2 is 1.61 bits per heavy atom. The first-order valence-corrected chi connectivity index (χ1v) is 6.91. The first-order chi connectivity index (χ1) is 8.70. The normalized spacial score (nSPS) is 10.2. The summed E-state index contributed by atoms with van der Waals surface area (Å²) in [6.07, 6.45) is 7.22. The summed E-state index contributed by atoms with van der Waals surface area (Å²) in [5.41, 5.74) is 1.39. The van der Waals surface area contributed by atoms with Gasteiger partial charge in [-0.1, -0.05) is 61.8 Å². The number of hydrogen-bond donors (Lipinski definition) is 1. The molecule has 0 saturated heterocycles. The highest BCUT2D eigenvalue weighted by atomic mass is 32.1. The summed E-state index contributed by atoms with van der Waals surface area (Å²) in [5, 5.41) is 8.61. The maximum absolute atomic E-state index is 10.5. The number of unbranched alkanes of at least 4 members (excludes halogenated alkanes) is 4. The Bertz CT molecular complexity index is 373. The van der Waals surface area contributed by atoms with Gasteiger partial charge in [0.1, 0.15) is 0 Å². The first kappa shape index (κ1) is 14.8. The summed E-state index contributed by atoms with van der Waals surface area (Å²) in [5.74, 6) is -0.936. The molecular formula is C15H20O2S. The quantitative estimate of drug-likeness (QED) is 0.540. The van der Waals surface area contributed by atoms with Crippen molar-refractivity contribution in [3.63, 3.8) is 0 Å². The van der Waals surface area contributed by atoms with Gasteiger partial charge in [-0.05, 0) is 31.2 Å². The van der Waals surface area contributed by atoms with Crippen LogP contribution in [0.25, 0.3) is 0 Å². The number of carboxylic acid groups (broad SMARTS) is 1. The highest BCUT2D eigenvalue weighted by Crippen LogP contribution is 2.10. The molecule has 98 valence electrons. The van der Waals surface area contributed by atoms with Gasteiger partial charge >= 0.3 is 5.97 Å². The molecule has 0 radical (unpaired) electrons. The van der Waals surface area contributed by atoms with Crippen molar-refractivity contribution in [3.05, 3.63) is 35.9 Å². The highest BCUT2D eigenvalue weighted by Gasteiger charge is 2.04. The Kier molecular flexibility index (Phi) is 7.26. The van der Waals surface area contributed by atoms with E-state index in [9.17, 15) is 4.79 Å². The van der Waals surface area contributed by atoms with E-state index in [-0.39, 0.29) is 4.86 Å². The lowest BCUT2D eigenvalue weighted by Crippen LogP contribution is -2.09. The van der Waals surface area contributed by atoms with Crippen LogP contribution >= 0.6 is 12.2 Å². The van der Waals surface area contributed by atoms with Crippen molar-refractivity contribution in [2.45, 2.75) is 44.9 Å². The third-order valence-corrected chi connectivity index (χ3v) is 3.33. The number of thiocarbonyl (C=S) groups is 1. The van der Waals surface area contributed by atoms with Crippen LogP contribution in [0.1, 0.15) is 44.1 Å². The molecule has 1 aromatic rings. The van der Waals surface area contributed by atoms with Crippen LogP contribution in [-0.2, 0) is 11.2 Å². The van der Waals surface area contributed by atoms with Crippen molar-refractivity contribution < 1.29 is 9.90 Å². The fraction of sp³-hybridized carbons (Fsp3) is 0.467. The van der Waals surface area contributed by atoms with Gasteiger partial charge in [-0.25, -0.2) is 4.79 Å². The standard InChI is InChI=1S/C15H20O2S/c16-15(17)14(18)12-8-3-1-2-5-9-13-10-6-4-7-11-13/h4,6-7,10-11H,1-3,5,8-9,12H2,(H,16,17). The molecule has 1 aromatic carbocycles. The van der Waals surface area contributed by atoms with Gasteiger partial charge in [-0.15, -0.1) is 0 Å². The van der Waals surface area contributed by atoms with E-state index in [0.717, 1.165) is 25.7 Å². The Hall–Kier alpha value is -1.22. The summed E-state index contributed by atoms with van der Waals surface area (Å²) in [6, 6.07) is 10.5. The Morgan fingerprint density at radius 3 is 2.28 bits per heavy atom. The summed E-state index contributed by atoms with van der Waals surface area (Å²) in [7, 11) is 0. The lowest BCUT2D eigenvalue weighted by atomic mass is 10.0. The average molecular weight is 264 g/mol. The van der Waals surface area contributed by atoms with Gasteiger partial charge in [0.15, 0.2) is 0 Å². The fourth-order valence-electron chi connectivity index (χ4n) is 1.90. The molecule has 0 unspecified atom stereocenters. The topological polar surface area (TPSA) is 37.3 Å². The second-order valence-electron chi connectivity index (χ2n) is 4.48. The smallest absolute Gasteiger partial charge is 0.342 e. The van der Waals surface area contributed by atoms with Crippen LogP contribution in [-0.4, -0.2) is 15.9 Å². The Labute approximate surface area is 114 Å². The number of benzene rings is 1. The second-order valence-corrected chi connectivity index (χ2v) is 4.97. The van der Waals surface area contributed by atoms with E-state index in [1.165, 1.54) is 18.4 Å². The zero-order valence-corrected chi connectivity index (χ0v) is 11.4. The van der Waals surface area contributed by atoms with E-state index in [4.69, 9.17) is 17.3 Å². The fourth-order valence-corrected chi connectivity index (χ4v) is 2.04. The summed E-state index contributed by atoms with van der Waals surface area (Å²) < 4.78 is 0. The van der Waals surface area contributed by atoms with Gasteiger partial charge in [0.05, 0.1) is 4.86 Å². The van der Waals surface area contributed by atoms with Crippen LogP contribution in [0.15, 0.2) is 30.3 Å². The highest BCUT2D eigenvalue weighted by molar-refractivity contribution is 7.82. The van der Waals surface area contributed by atoms with Gasteiger partial charge in [0.2, 0.25) is 0 Å². The van der Waals surface area contributed by atoms with Gasteiger partial charge in [0, 0.05) is 0 Å². The molecule has 3 heteroatoms. The average Bonchev–Trinajstić information content (AvgIpc) is 2.38. The second kappa shape index (κ2) is 8.81. The van der Waals surface area contributed by atoms with Gasteiger partial charge in [-0.2, -0.15) is 0 Å². The molecule has 0 amide bonds. The molecule has 0 aromatic heterocycles. The molecule has 0 bridgehead atoms. The molecule has 0 aliphatic rings. The van der Waals surface area contributed by atoms with Crippen LogP contribution in [0.5, 0.6) is 0 Å². The predicted molar refractivity (Wildman–Crippen MR) is 78.1 cm³/mol. The van der Waals surface area contributed by atoms with E-state index in [1.807, 2.05) is 6.07 Å². The number of hydrogen-bond acceptors (Lipinski definition) is 2. The zero-order chi connectivity index (χ0) is 13.2. The van der Waals surface area contributed by atoms with Crippen molar-refractivity contribution in [1.82, 2.24) is 0 Å². The third-order valence-electron chi connectivity index (χ3n) is 2.95. The van der Waals surface area contributed by atoms with Crippen LogP contribution in [0, 0.1) is 0 Å². The molecule has 1 N–H and O–H groups in total. The van der Waals surface area contributed by atoms with Crippen LogP contribution in [0.2, 0.25) is 0 Å². The number of carboxylic acids is 1. The van der Waals surface area contributed by atoms with Gasteiger partial charge in [0.25, 0.3) is 0 Å². The number of rotatable bonds is 9. The molecule has 0 saturated carbocycles. The molecule has 0 fully saturated rings. The lowest BCUT2D eigenvalue weighted by Gasteiger charge is -2.02. The van der Waals surface area contributed by atoms with Gasteiger partial charge in [-0.3, -0.25) is 0 Å². The maximum Gasteiger partial charge on any atom is 0.342 e. The van der Waals surface area contributed by atoms with Crippen LogP contribution in [0.3, 0.4) is 0 Å². The largest absolute Gasteiger partial charge is 0.477 e. The molecular weight excluding hydrogens is 244 g/mol. The summed E-state index contributed by atoms with van der Waals surface area (Å²) >= 11 is 4.74. The van der Waals surface area contributed by atoms with E-state index in [2.05, 4.69) is 24.3 Å². The number of aliphatic carboxylic acids is 1. The Morgan fingerprint density at radius 1 is 1.00 bits per heavy atom. The van der Waals surface area contributed by atoms with Crippen LogP contribution in [0.4, 0.5) is 0 Å². The van der Waals surface area contributed by atoms with E-state index in [1.54, 1.807) is 0 Å². The third kappa shape index (κ3) is 6.50. The monoisotopic (exact) mass is 264 g/mol. The minimum absolute atomic E-state index is 0.166. The lowest BCUT2D eigenvalue weighted by molar-refractivity contribution is -0.129. The molecule has 0 aliphatic heterocycles. The molecule has 1 rings (SSSR count). The minimum Gasteiger partial charge on any atom is -0.477 e. The number of carbonyl (C=O) groups is 1. The van der Waals surface area contributed by atoms with E-state index >= 15 is 0 Å². The maximum atomic E-state index is 10.5. The van der Waals surface area contributed by atoms with Gasteiger partial charge < -0.3 is 5.11 Å². The Balaban J connectivity index is 1.96. The minimum atomic E-state index is -0.936.